The molecule has 0 aromatic rings. The predicted octanol–water partition coefficient (Wildman–Crippen LogP) is 7.20. The van der Waals surface area contributed by atoms with Crippen LogP contribution >= 0.6 is 0 Å². The molecule has 0 heterocycles. The van der Waals surface area contributed by atoms with Crippen LogP contribution in [-0.4, -0.2) is 24.1 Å². The molecule has 0 aliphatic heterocycles. The molecule has 4 fully saturated rings. The fourth-order valence-corrected chi connectivity index (χ4v) is 8.87. The molecule has 4 heteroatoms. The summed E-state index contributed by atoms with van der Waals surface area (Å²) in [4.78, 5) is 23.9. The quantitative estimate of drug-likeness (QED) is 0.289. The highest BCUT2D eigenvalue weighted by atomic mass is 16.6. The van der Waals surface area contributed by atoms with Crippen molar-refractivity contribution in [2.75, 3.05) is 0 Å². The molecule has 36 heavy (non-hydrogen) atoms. The fraction of sp³-hybridized carbons (Fsp3) is 0.750. The number of hydrogen-bond acceptors (Lipinski definition) is 4. The van der Waals surface area contributed by atoms with Crippen molar-refractivity contribution in [1.29, 1.82) is 0 Å². The molecule has 0 aromatic carbocycles. The van der Waals surface area contributed by atoms with Crippen molar-refractivity contribution in [3.63, 3.8) is 0 Å². The SMILES string of the molecule is CC(=O)O[C@@H]1CC2=CC=C3[C@@H]4CC[C@H]([C@@H](C)/C=C/[C@@H](C)C5CC5)[C@@]4(C)CC[C@@H]3[C@@]2(C)[C@@H](OC(C)=O)C1. The summed E-state index contributed by atoms with van der Waals surface area (Å²) < 4.78 is 11.6. The number of hydrogen-bond donors (Lipinski definition) is 0. The summed E-state index contributed by atoms with van der Waals surface area (Å²) in [7, 11) is 0. The Morgan fingerprint density at radius 3 is 2.28 bits per heavy atom. The lowest BCUT2D eigenvalue weighted by atomic mass is 9.49. The highest BCUT2D eigenvalue weighted by Gasteiger charge is 2.60. The van der Waals surface area contributed by atoms with E-state index in [0.717, 1.165) is 24.7 Å². The summed E-state index contributed by atoms with van der Waals surface area (Å²) in [5.41, 5.74) is 2.96. The summed E-state index contributed by atoms with van der Waals surface area (Å²) in [5, 5.41) is 0. The van der Waals surface area contributed by atoms with Gasteiger partial charge in [0.2, 0.25) is 0 Å². The third-order valence-electron chi connectivity index (χ3n) is 11.0. The first-order chi connectivity index (χ1) is 17.0. The van der Waals surface area contributed by atoms with Gasteiger partial charge in [0.1, 0.15) is 12.2 Å². The minimum Gasteiger partial charge on any atom is -0.462 e. The predicted molar refractivity (Wildman–Crippen MR) is 142 cm³/mol. The van der Waals surface area contributed by atoms with Crippen molar-refractivity contribution in [2.45, 2.75) is 105 Å². The van der Waals surface area contributed by atoms with Crippen LogP contribution in [0.5, 0.6) is 0 Å². The normalized spacial score (nSPS) is 41.3. The highest BCUT2D eigenvalue weighted by molar-refractivity contribution is 5.67. The fourth-order valence-electron chi connectivity index (χ4n) is 8.87. The van der Waals surface area contributed by atoms with Crippen LogP contribution in [0.25, 0.3) is 0 Å². The van der Waals surface area contributed by atoms with E-state index in [0.29, 0.717) is 35.5 Å². The van der Waals surface area contributed by atoms with Crippen LogP contribution < -0.4 is 0 Å². The van der Waals surface area contributed by atoms with E-state index in [-0.39, 0.29) is 29.6 Å². The monoisotopic (exact) mass is 494 g/mol. The third kappa shape index (κ3) is 4.41. The van der Waals surface area contributed by atoms with Gasteiger partial charge in [0, 0.05) is 32.1 Å². The van der Waals surface area contributed by atoms with E-state index in [1.165, 1.54) is 51.5 Å². The number of fused-ring (bicyclic) bond motifs is 5. The lowest BCUT2D eigenvalue weighted by molar-refractivity contribution is -0.165. The van der Waals surface area contributed by atoms with Crippen molar-refractivity contribution < 1.29 is 19.1 Å². The maximum Gasteiger partial charge on any atom is 0.302 e. The molecule has 0 unspecified atom stereocenters. The molecular formula is C32H46O4. The Balaban J connectivity index is 1.41. The average Bonchev–Trinajstić information content (AvgIpc) is 3.59. The van der Waals surface area contributed by atoms with E-state index in [2.05, 4.69) is 52.0 Å². The molecule has 9 atom stereocenters. The van der Waals surface area contributed by atoms with Crippen LogP contribution in [0.4, 0.5) is 0 Å². The smallest absolute Gasteiger partial charge is 0.302 e. The van der Waals surface area contributed by atoms with E-state index >= 15 is 0 Å². The molecule has 5 rings (SSSR count). The standard InChI is InChI=1S/C32H46O4/c1-19(23-9-10-23)7-8-20(2)27-13-14-28-26-12-11-24-17-25(35-21(3)33)18-30(36-22(4)34)32(24,6)29(26)15-16-31(27,28)5/h7-8,11-12,19-20,23,25,27-30H,9-10,13-18H2,1-6H3/b8-7+/t19-,20+,25-,27-,28+,29+,30+,31-,32+/m1/s1. The molecule has 5 aliphatic rings. The van der Waals surface area contributed by atoms with Crippen molar-refractivity contribution in [3.05, 3.63) is 35.5 Å². The number of allylic oxidation sites excluding steroid dienone is 5. The first-order valence-electron chi connectivity index (χ1n) is 14.5. The Morgan fingerprint density at radius 2 is 1.61 bits per heavy atom. The van der Waals surface area contributed by atoms with E-state index < -0.39 is 0 Å². The van der Waals surface area contributed by atoms with Gasteiger partial charge in [-0.3, -0.25) is 9.59 Å². The Morgan fingerprint density at radius 1 is 0.917 bits per heavy atom. The number of carbonyl (C=O) groups is 2. The van der Waals surface area contributed by atoms with Crippen molar-refractivity contribution in [2.24, 2.45) is 46.3 Å². The molecule has 0 amide bonds. The molecule has 198 valence electrons. The second-order valence-electron chi connectivity index (χ2n) is 13.2. The number of rotatable bonds is 6. The van der Waals surface area contributed by atoms with Crippen molar-refractivity contribution in [1.82, 2.24) is 0 Å². The summed E-state index contributed by atoms with van der Waals surface area (Å²) in [6.07, 6.45) is 18.3. The van der Waals surface area contributed by atoms with Crippen LogP contribution in [0.2, 0.25) is 0 Å². The van der Waals surface area contributed by atoms with Gasteiger partial charge in [-0.2, -0.15) is 0 Å². The van der Waals surface area contributed by atoms with Gasteiger partial charge in [0.25, 0.3) is 0 Å². The molecule has 4 nitrogen and oxygen atoms in total. The number of ether oxygens (including phenoxy) is 2. The zero-order valence-electron chi connectivity index (χ0n) is 23.2. The van der Waals surface area contributed by atoms with Gasteiger partial charge in [-0.05, 0) is 79.4 Å². The lowest BCUT2D eigenvalue weighted by Crippen LogP contribution is -2.54. The maximum atomic E-state index is 12.2. The van der Waals surface area contributed by atoms with Crippen molar-refractivity contribution >= 4 is 11.9 Å². The molecule has 0 N–H and O–H groups in total. The van der Waals surface area contributed by atoms with Gasteiger partial charge < -0.3 is 9.47 Å². The second kappa shape index (κ2) is 9.48. The minimum atomic E-state index is -0.266. The van der Waals surface area contributed by atoms with Crippen LogP contribution in [0, 0.1) is 46.3 Å². The molecule has 0 radical (unpaired) electrons. The Kier molecular flexibility index (Phi) is 6.79. The Labute approximate surface area is 218 Å². The largest absolute Gasteiger partial charge is 0.462 e. The molecule has 0 aromatic heterocycles. The van der Waals surface area contributed by atoms with Gasteiger partial charge >= 0.3 is 11.9 Å². The zero-order chi connectivity index (χ0) is 25.8. The highest BCUT2D eigenvalue weighted by Crippen LogP contribution is 2.66. The molecule has 0 spiro atoms. The zero-order valence-corrected chi connectivity index (χ0v) is 23.2. The van der Waals surface area contributed by atoms with E-state index in [1.807, 2.05) is 0 Å². The van der Waals surface area contributed by atoms with E-state index in [4.69, 9.17) is 9.47 Å². The molecule has 4 saturated carbocycles. The lowest BCUT2D eigenvalue weighted by Gasteiger charge is -2.57. The van der Waals surface area contributed by atoms with Gasteiger partial charge in [-0.25, -0.2) is 0 Å². The van der Waals surface area contributed by atoms with Crippen molar-refractivity contribution in [3.8, 4) is 0 Å². The van der Waals surface area contributed by atoms with E-state index in [1.54, 1.807) is 5.57 Å². The average molecular weight is 495 g/mol. The third-order valence-corrected chi connectivity index (χ3v) is 11.0. The molecule has 0 bridgehead atoms. The van der Waals surface area contributed by atoms with Crippen LogP contribution in [-0.2, 0) is 19.1 Å². The second-order valence-corrected chi connectivity index (χ2v) is 13.2. The number of carbonyl (C=O) groups excluding carboxylic acids is 2. The Bertz CT molecular complexity index is 986. The maximum absolute atomic E-state index is 12.2. The minimum absolute atomic E-state index is 0.225. The molecule has 0 saturated heterocycles. The number of esters is 2. The van der Waals surface area contributed by atoms with Gasteiger partial charge in [-0.15, -0.1) is 0 Å². The first-order valence-corrected chi connectivity index (χ1v) is 14.5. The Hall–Kier alpha value is -1.84. The topological polar surface area (TPSA) is 52.6 Å². The van der Waals surface area contributed by atoms with Gasteiger partial charge in [0.15, 0.2) is 0 Å². The summed E-state index contributed by atoms with van der Waals surface area (Å²) in [6, 6.07) is 0. The van der Waals surface area contributed by atoms with Crippen LogP contribution in [0.15, 0.2) is 35.5 Å². The van der Waals surface area contributed by atoms with Crippen LogP contribution in [0.3, 0.4) is 0 Å². The van der Waals surface area contributed by atoms with E-state index in [9.17, 15) is 9.59 Å². The van der Waals surface area contributed by atoms with Gasteiger partial charge in [0.05, 0.1) is 0 Å². The summed E-state index contributed by atoms with van der Waals surface area (Å²) in [5.74, 6) is 3.44. The molecule has 5 aliphatic carbocycles. The van der Waals surface area contributed by atoms with Gasteiger partial charge in [-0.1, -0.05) is 63.1 Å². The molecular weight excluding hydrogens is 448 g/mol. The first kappa shape index (κ1) is 25.8. The summed E-state index contributed by atoms with van der Waals surface area (Å²) in [6.45, 7) is 12.7. The summed E-state index contributed by atoms with van der Waals surface area (Å²) >= 11 is 0. The van der Waals surface area contributed by atoms with Crippen LogP contribution in [0.1, 0.15) is 92.9 Å².